The average Bonchev–Trinajstić information content (AvgIpc) is 3.82. The molecule has 6 aromatic carbocycles. The standard InChI is InChI=1S/2C24H18/c2*1-2-9-21-16(5-1)13-17-7-3-8-18-14-19-12-11-15-6-4-10-20(15)23(19)24(21)22(17)18/h1-5,7-12,24H,6,13-14H2;1-9,11-12,24H,10,13-14H2. The van der Waals surface area contributed by atoms with Gasteiger partial charge in [0.25, 0.3) is 0 Å². The average molecular weight is 613 g/mol. The van der Waals surface area contributed by atoms with E-state index in [-0.39, 0.29) is 0 Å². The highest BCUT2D eigenvalue weighted by Gasteiger charge is 2.37. The molecule has 48 heavy (non-hydrogen) atoms. The Labute approximate surface area is 283 Å². The van der Waals surface area contributed by atoms with Crippen molar-refractivity contribution in [2.45, 2.75) is 50.4 Å². The van der Waals surface area contributed by atoms with Gasteiger partial charge in [-0.15, -0.1) is 0 Å². The molecule has 228 valence electrons. The van der Waals surface area contributed by atoms with E-state index in [1.807, 2.05) is 0 Å². The molecule has 0 heterocycles. The van der Waals surface area contributed by atoms with E-state index in [4.69, 9.17) is 0 Å². The molecule has 2 atom stereocenters. The van der Waals surface area contributed by atoms with Crippen LogP contribution in [0, 0.1) is 0 Å². The minimum Gasteiger partial charge on any atom is -0.0795 e. The zero-order valence-corrected chi connectivity index (χ0v) is 27.1. The lowest BCUT2D eigenvalue weighted by Crippen LogP contribution is -2.23. The van der Waals surface area contributed by atoms with Crippen molar-refractivity contribution < 1.29 is 0 Å². The molecule has 0 aliphatic heterocycles. The summed E-state index contributed by atoms with van der Waals surface area (Å²) in [7, 11) is 0. The van der Waals surface area contributed by atoms with E-state index in [0.29, 0.717) is 11.8 Å². The first-order valence-electron chi connectivity index (χ1n) is 17.8. The third kappa shape index (κ3) is 3.78. The molecule has 6 aliphatic carbocycles. The number of hydrogen-bond acceptors (Lipinski definition) is 0. The van der Waals surface area contributed by atoms with Crippen molar-refractivity contribution in [3.05, 3.63) is 221 Å². The fourth-order valence-corrected chi connectivity index (χ4v) is 10.2. The molecule has 0 radical (unpaired) electrons. The second-order valence-corrected chi connectivity index (χ2v) is 14.6. The first kappa shape index (κ1) is 26.8. The van der Waals surface area contributed by atoms with E-state index in [9.17, 15) is 0 Å². The van der Waals surface area contributed by atoms with Gasteiger partial charge in [0.1, 0.15) is 0 Å². The molecule has 0 aromatic heterocycles. The molecule has 0 amide bonds. The second kappa shape index (κ2) is 10.1. The molecule has 0 saturated carbocycles. The molecular weight excluding hydrogens is 577 g/mol. The Kier molecular flexibility index (Phi) is 5.67. The van der Waals surface area contributed by atoms with Gasteiger partial charge in [0.15, 0.2) is 0 Å². The Morgan fingerprint density at radius 3 is 1.50 bits per heavy atom. The Morgan fingerprint density at radius 1 is 0.354 bits per heavy atom. The number of allylic oxidation sites excluding steroid dienone is 2. The first-order chi connectivity index (χ1) is 23.8. The molecule has 0 nitrogen and oxygen atoms in total. The summed E-state index contributed by atoms with van der Waals surface area (Å²) in [5.41, 5.74) is 27.6. The Morgan fingerprint density at radius 2 is 0.833 bits per heavy atom. The molecule has 0 spiro atoms. The van der Waals surface area contributed by atoms with E-state index in [1.165, 1.54) is 72.3 Å². The third-order valence-electron chi connectivity index (χ3n) is 12.2. The van der Waals surface area contributed by atoms with Gasteiger partial charge in [0.2, 0.25) is 0 Å². The van der Waals surface area contributed by atoms with Crippen LogP contribution >= 0.6 is 0 Å². The number of hydrogen-bond donors (Lipinski definition) is 0. The van der Waals surface area contributed by atoms with Gasteiger partial charge < -0.3 is 0 Å². The predicted molar refractivity (Wildman–Crippen MR) is 197 cm³/mol. The van der Waals surface area contributed by atoms with Gasteiger partial charge in [-0.2, -0.15) is 0 Å². The summed E-state index contributed by atoms with van der Waals surface area (Å²) in [6, 6.07) is 41.4. The van der Waals surface area contributed by atoms with Crippen LogP contribution < -0.4 is 0 Å². The van der Waals surface area contributed by atoms with Gasteiger partial charge in [0.05, 0.1) is 0 Å². The van der Waals surface area contributed by atoms with Crippen LogP contribution in [0.25, 0.3) is 12.2 Å². The molecule has 6 aromatic rings. The summed E-state index contributed by atoms with van der Waals surface area (Å²) in [5.74, 6) is 0.849. The van der Waals surface area contributed by atoms with Gasteiger partial charge >= 0.3 is 0 Å². The lowest BCUT2D eigenvalue weighted by Gasteiger charge is -2.37. The van der Waals surface area contributed by atoms with E-state index in [0.717, 1.165) is 38.5 Å². The molecule has 0 N–H and O–H groups in total. The smallest absolute Gasteiger partial charge is 0.0357 e. The van der Waals surface area contributed by atoms with Crippen molar-refractivity contribution in [1.29, 1.82) is 0 Å². The number of benzene rings is 6. The zero-order chi connectivity index (χ0) is 31.3. The fourth-order valence-electron chi connectivity index (χ4n) is 10.2. The summed E-state index contributed by atoms with van der Waals surface area (Å²) >= 11 is 0. The van der Waals surface area contributed by atoms with E-state index in [1.54, 1.807) is 27.8 Å². The first-order valence-corrected chi connectivity index (χ1v) is 17.8. The normalized spacial score (nSPS) is 18.6. The van der Waals surface area contributed by atoms with E-state index >= 15 is 0 Å². The highest BCUT2D eigenvalue weighted by Crippen LogP contribution is 2.51. The Bertz CT molecular complexity index is 2380. The molecule has 0 saturated heterocycles. The molecule has 0 bridgehead atoms. The summed E-state index contributed by atoms with van der Waals surface area (Å²) in [6.45, 7) is 0. The van der Waals surface area contributed by atoms with Crippen molar-refractivity contribution in [3.8, 4) is 0 Å². The minimum atomic E-state index is 0.419. The van der Waals surface area contributed by atoms with Crippen molar-refractivity contribution in [2.75, 3.05) is 0 Å². The lowest BCUT2D eigenvalue weighted by atomic mass is 9.66. The minimum absolute atomic E-state index is 0.419. The monoisotopic (exact) mass is 612 g/mol. The zero-order valence-electron chi connectivity index (χ0n) is 27.1. The van der Waals surface area contributed by atoms with Crippen LogP contribution in [0.3, 0.4) is 0 Å². The highest BCUT2D eigenvalue weighted by molar-refractivity contribution is 5.73. The summed E-state index contributed by atoms with van der Waals surface area (Å²) in [6.07, 6.45) is 15.8. The van der Waals surface area contributed by atoms with Crippen LogP contribution in [0.2, 0.25) is 0 Å². The highest BCUT2D eigenvalue weighted by atomic mass is 14.4. The quantitative estimate of drug-likeness (QED) is 0.160. The van der Waals surface area contributed by atoms with Crippen molar-refractivity contribution >= 4 is 12.2 Å². The predicted octanol–water partition coefficient (Wildman–Crippen LogP) is 10.5. The van der Waals surface area contributed by atoms with Gasteiger partial charge in [-0.1, -0.05) is 133 Å². The maximum absolute atomic E-state index is 2.38. The molecule has 2 unspecified atom stereocenters. The topological polar surface area (TPSA) is 0 Å². The Balaban J connectivity index is 0.000000117. The maximum Gasteiger partial charge on any atom is 0.0357 e. The third-order valence-corrected chi connectivity index (χ3v) is 12.2. The summed E-state index contributed by atoms with van der Waals surface area (Å²) in [4.78, 5) is 0. The largest absolute Gasteiger partial charge is 0.0795 e. The van der Waals surface area contributed by atoms with Crippen molar-refractivity contribution in [1.82, 2.24) is 0 Å². The molecular formula is C48H36. The molecule has 12 rings (SSSR count). The van der Waals surface area contributed by atoms with Crippen molar-refractivity contribution in [2.24, 2.45) is 0 Å². The van der Waals surface area contributed by atoms with Gasteiger partial charge in [-0.25, -0.2) is 0 Å². The maximum atomic E-state index is 2.38. The number of rotatable bonds is 0. The molecule has 6 aliphatic rings. The van der Waals surface area contributed by atoms with Crippen molar-refractivity contribution in [3.63, 3.8) is 0 Å². The van der Waals surface area contributed by atoms with Crippen LogP contribution in [0.15, 0.2) is 121 Å². The van der Waals surface area contributed by atoms with Gasteiger partial charge in [-0.3, -0.25) is 0 Å². The molecule has 0 heteroatoms. The SMILES string of the molecule is C1=Cc2c(ccc3c2C2c4ccccc4Cc4cccc(c42)C3)C1.C1=Cc2ccc3c(c2C1)C1c2ccccc2Cc2cccc(c21)C3. The van der Waals surface area contributed by atoms with E-state index in [2.05, 4.69) is 133 Å². The van der Waals surface area contributed by atoms with Crippen LogP contribution in [0.1, 0.15) is 112 Å². The van der Waals surface area contributed by atoms with Gasteiger partial charge in [0, 0.05) is 11.8 Å². The number of fused-ring (bicyclic) bond motifs is 12. The van der Waals surface area contributed by atoms with E-state index < -0.39 is 0 Å². The van der Waals surface area contributed by atoms with Crippen LogP contribution in [-0.4, -0.2) is 0 Å². The fraction of sp³-hybridized carbons (Fsp3) is 0.167. The molecule has 0 fully saturated rings. The van der Waals surface area contributed by atoms with Crippen LogP contribution in [0.5, 0.6) is 0 Å². The van der Waals surface area contributed by atoms with Gasteiger partial charge in [-0.05, 0) is 139 Å². The Hall–Kier alpha value is -5.20. The second-order valence-electron chi connectivity index (χ2n) is 14.6. The lowest BCUT2D eigenvalue weighted by molar-refractivity contribution is 0.814. The van der Waals surface area contributed by atoms with Crippen LogP contribution in [-0.2, 0) is 38.5 Å². The van der Waals surface area contributed by atoms with Crippen LogP contribution in [0.4, 0.5) is 0 Å². The summed E-state index contributed by atoms with van der Waals surface area (Å²) < 4.78 is 0. The summed E-state index contributed by atoms with van der Waals surface area (Å²) in [5, 5.41) is 0.